The van der Waals surface area contributed by atoms with Crippen LogP contribution in [-0.2, 0) is 0 Å². The van der Waals surface area contributed by atoms with Crippen molar-refractivity contribution in [2.75, 3.05) is 5.73 Å². The number of nitro groups is 1. The van der Waals surface area contributed by atoms with Gasteiger partial charge in [0, 0.05) is 6.07 Å². The molecule has 2 heterocycles. The van der Waals surface area contributed by atoms with E-state index < -0.39 is 4.92 Å². The molecule has 0 radical (unpaired) electrons. The fourth-order valence-corrected chi connectivity index (χ4v) is 0.980. The molecule has 2 rings (SSSR count). The number of nitrogens with two attached hydrogens (primary N) is 1. The molecule has 0 atom stereocenters. The van der Waals surface area contributed by atoms with Crippen LogP contribution in [-0.4, -0.2) is 19.5 Å². The fraction of sp³-hybridized carbons (Fsp3) is 0. The third kappa shape index (κ3) is 1.15. The molecular weight excluding hydrogens is 174 g/mol. The van der Waals surface area contributed by atoms with Gasteiger partial charge in [-0.2, -0.15) is 0 Å². The van der Waals surface area contributed by atoms with Gasteiger partial charge in [-0.05, 0) is 0 Å². The van der Waals surface area contributed by atoms with Gasteiger partial charge >= 0.3 is 5.69 Å². The van der Waals surface area contributed by atoms with Crippen molar-refractivity contribution < 1.29 is 4.92 Å². The summed E-state index contributed by atoms with van der Waals surface area (Å²) in [6.07, 6.45) is 2.43. The van der Waals surface area contributed by atoms with Crippen molar-refractivity contribution in [3.05, 3.63) is 28.6 Å². The van der Waals surface area contributed by atoms with E-state index in [-0.39, 0.29) is 11.5 Å². The summed E-state index contributed by atoms with van der Waals surface area (Å²) < 4.78 is 1.27. The third-order valence-corrected chi connectivity index (χ3v) is 1.53. The number of nitrogen functional groups attached to an aromatic ring is 1. The van der Waals surface area contributed by atoms with Crippen LogP contribution in [0.3, 0.4) is 0 Å². The molecular formula is C6H5N5O2. The zero-order valence-electron chi connectivity index (χ0n) is 6.41. The highest BCUT2D eigenvalue weighted by molar-refractivity contribution is 5.48. The summed E-state index contributed by atoms with van der Waals surface area (Å²) in [5.74, 6) is 0.285. The molecule has 2 aromatic heterocycles. The highest BCUT2D eigenvalue weighted by Gasteiger charge is 2.08. The molecule has 2 aromatic rings. The van der Waals surface area contributed by atoms with Gasteiger partial charge < -0.3 is 5.73 Å². The van der Waals surface area contributed by atoms with Crippen LogP contribution in [0, 0.1) is 10.1 Å². The van der Waals surface area contributed by atoms with E-state index in [4.69, 9.17) is 5.73 Å². The molecule has 0 fully saturated rings. The molecule has 7 heteroatoms. The van der Waals surface area contributed by atoms with Gasteiger partial charge in [0.15, 0.2) is 5.65 Å². The Morgan fingerprint density at radius 1 is 1.62 bits per heavy atom. The van der Waals surface area contributed by atoms with Gasteiger partial charge in [0.25, 0.3) is 0 Å². The van der Waals surface area contributed by atoms with E-state index in [0.29, 0.717) is 5.65 Å². The summed E-state index contributed by atoms with van der Waals surface area (Å²) in [6, 6.07) is 1.53. The quantitative estimate of drug-likeness (QED) is 0.498. The molecule has 0 amide bonds. The Hall–Kier alpha value is -2.18. The van der Waals surface area contributed by atoms with Crippen molar-refractivity contribution in [2.45, 2.75) is 0 Å². The van der Waals surface area contributed by atoms with Crippen LogP contribution in [0.25, 0.3) is 5.65 Å². The van der Waals surface area contributed by atoms with Gasteiger partial charge in [-0.15, -0.1) is 5.10 Å². The Labute approximate surface area is 72.0 Å². The predicted molar refractivity (Wildman–Crippen MR) is 44.1 cm³/mol. The van der Waals surface area contributed by atoms with Crippen molar-refractivity contribution in [1.29, 1.82) is 0 Å². The van der Waals surface area contributed by atoms with Crippen molar-refractivity contribution in [3.63, 3.8) is 0 Å². The van der Waals surface area contributed by atoms with E-state index >= 15 is 0 Å². The largest absolute Gasteiger partial charge is 0.382 e. The topological polar surface area (TPSA) is 99.3 Å². The number of hydrogen-bond donors (Lipinski definition) is 1. The molecule has 13 heavy (non-hydrogen) atoms. The lowest BCUT2D eigenvalue weighted by atomic mass is 10.5. The standard InChI is InChI=1S/C6H5N5O2/c7-5-1-6-8-2-4(11(12)13)3-10(6)9-5/h1-3H,(H2,7,9). The van der Waals surface area contributed by atoms with Crippen LogP contribution in [0.15, 0.2) is 18.5 Å². The molecule has 0 unspecified atom stereocenters. The van der Waals surface area contributed by atoms with E-state index in [2.05, 4.69) is 10.1 Å². The summed E-state index contributed by atoms with van der Waals surface area (Å²) in [7, 11) is 0. The summed E-state index contributed by atoms with van der Waals surface area (Å²) in [5.41, 5.74) is 5.75. The first-order valence-corrected chi connectivity index (χ1v) is 3.42. The van der Waals surface area contributed by atoms with E-state index in [1.54, 1.807) is 0 Å². The van der Waals surface area contributed by atoms with Gasteiger partial charge in [-0.1, -0.05) is 0 Å². The van der Waals surface area contributed by atoms with E-state index in [1.165, 1.54) is 16.8 Å². The second kappa shape index (κ2) is 2.41. The first kappa shape index (κ1) is 7.47. The monoisotopic (exact) mass is 179 g/mol. The molecule has 0 aliphatic heterocycles. The number of aromatic nitrogens is 3. The van der Waals surface area contributed by atoms with Crippen molar-refractivity contribution in [1.82, 2.24) is 14.6 Å². The maximum Gasteiger partial charge on any atom is 0.305 e. The van der Waals surface area contributed by atoms with Gasteiger partial charge in [0.2, 0.25) is 0 Å². The van der Waals surface area contributed by atoms with Gasteiger partial charge in [-0.3, -0.25) is 10.1 Å². The number of anilines is 1. The fourth-order valence-electron chi connectivity index (χ4n) is 0.980. The van der Waals surface area contributed by atoms with Gasteiger partial charge in [0.1, 0.15) is 18.2 Å². The molecule has 0 aromatic carbocycles. The molecule has 0 saturated heterocycles. The van der Waals surface area contributed by atoms with Crippen LogP contribution in [0.1, 0.15) is 0 Å². The first-order valence-electron chi connectivity index (χ1n) is 3.42. The number of fused-ring (bicyclic) bond motifs is 1. The van der Waals surface area contributed by atoms with E-state index in [9.17, 15) is 10.1 Å². The molecule has 0 spiro atoms. The van der Waals surface area contributed by atoms with Gasteiger partial charge in [-0.25, -0.2) is 9.50 Å². The Kier molecular flexibility index (Phi) is 1.38. The minimum Gasteiger partial charge on any atom is -0.382 e. The summed E-state index contributed by atoms with van der Waals surface area (Å²) in [5, 5.41) is 14.1. The highest BCUT2D eigenvalue weighted by Crippen LogP contribution is 2.11. The second-order valence-corrected chi connectivity index (χ2v) is 2.44. The Morgan fingerprint density at radius 2 is 2.38 bits per heavy atom. The molecule has 0 bridgehead atoms. The highest BCUT2D eigenvalue weighted by atomic mass is 16.6. The number of hydrogen-bond acceptors (Lipinski definition) is 5. The maximum atomic E-state index is 10.3. The lowest BCUT2D eigenvalue weighted by Gasteiger charge is -1.91. The van der Waals surface area contributed by atoms with Crippen LogP contribution in [0.5, 0.6) is 0 Å². The van der Waals surface area contributed by atoms with Crippen LogP contribution in [0.2, 0.25) is 0 Å². The Balaban J connectivity index is 2.67. The van der Waals surface area contributed by atoms with Crippen molar-refractivity contribution in [2.24, 2.45) is 0 Å². The molecule has 0 aliphatic carbocycles. The number of nitrogens with zero attached hydrogens (tertiary/aromatic N) is 4. The zero-order valence-corrected chi connectivity index (χ0v) is 6.41. The summed E-state index contributed by atoms with van der Waals surface area (Å²) in [6.45, 7) is 0. The molecule has 66 valence electrons. The molecule has 0 aliphatic rings. The predicted octanol–water partition coefficient (Wildman–Crippen LogP) is 0.220. The van der Waals surface area contributed by atoms with Crippen LogP contribution < -0.4 is 5.73 Å². The zero-order chi connectivity index (χ0) is 9.42. The molecule has 0 saturated carbocycles. The Bertz CT molecular complexity index is 477. The minimum absolute atomic E-state index is 0.115. The lowest BCUT2D eigenvalue weighted by molar-refractivity contribution is -0.385. The number of rotatable bonds is 1. The average molecular weight is 179 g/mol. The summed E-state index contributed by atoms with van der Waals surface area (Å²) >= 11 is 0. The van der Waals surface area contributed by atoms with E-state index in [1.807, 2.05) is 0 Å². The molecule has 7 nitrogen and oxygen atoms in total. The van der Waals surface area contributed by atoms with Crippen molar-refractivity contribution in [3.8, 4) is 0 Å². The molecule has 2 N–H and O–H groups in total. The van der Waals surface area contributed by atoms with Crippen LogP contribution >= 0.6 is 0 Å². The van der Waals surface area contributed by atoms with Gasteiger partial charge in [0.05, 0.1) is 4.92 Å². The third-order valence-electron chi connectivity index (χ3n) is 1.53. The van der Waals surface area contributed by atoms with Crippen LogP contribution in [0.4, 0.5) is 11.5 Å². The van der Waals surface area contributed by atoms with E-state index in [0.717, 1.165) is 6.20 Å². The Morgan fingerprint density at radius 3 is 3.08 bits per heavy atom. The lowest BCUT2D eigenvalue weighted by Crippen LogP contribution is -1.95. The SMILES string of the molecule is Nc1cc2ncc([N+](=O)[O-])cn2n1. The summed E-state index contributed by atoms with van der Waals surface area (Å²) in [4.78, 5) is 13.6. The average Bonchev–Trinajstić information content (AvgIpc) is 2.42. The second-order valence-electron chi connectivity index (χ2n) is 2.44. The minimum atomic E-state index is -0.537. The smallest absolute Gasteiger partial charge is 0.305 e. The first-order chi connectivity index (χ1) is 6.16. The van der Waals surface area contributed by atoms with Crippen molar-refractivity contribution >= 4 is 17.2 Å². The maximum absolute atomic E-state index is 10.3. The normalized spacial score (nSPS) is 10.5.